The molecule has 0 unspecified atom stereocenters. The number of hydrogen-bond acceptors (Lipinski definition) is 2. The average molecular weight is 249 g/mol. The first-order chi connectivity index (χ1) is 4.83. The second kappa shape index (κ2) is 3.65. The number of nitrogen functional groups attached to an aromatic ring is 1. The highest BCUT2D eigenvalue weighted by Gasteiger charge is 1.88. The first kappa shape index (κ1) is 7.65. The Bertz CT molecular complexity index is 197. The highest BCUT2D eigenvalue weighted by Crippen LogP contribution is 2.13. The Kier molecular flexibility index (Phi) is 2.80. The maximum Gasteiger partial charge on any atom is 0.139 e. The van der Waals surface area contributed by atoms with E-state index in [0.717, 1.165) is 11.4 Å². The fraction of sp³-hybridized carbons (Fsp3) is 0.143. The molecule has 0 aliphatic heterocycles. The van der Waals surface area contributed by atoms with Crippen molar-refractivity contribution >= 4 is 28.3 Å². The molecule has 0 spiro atoms. The third kappa shape index (κ3) is 2.06. The van der Waals surface area contributed by atoms with Gasteiger partial charge in [-0.3, -0.25) is 0 Å². The fourth-order valence-electron chi connectivity index (χ4n) is 0.627. The highest BCUT2D eigenvalue weighted by molar-refractivity contribution is 14.1. The van der Waals surface area contributed by atoms with Crippen molar-refractivity contribution in [1.29, 1.82) is 0 Å². The molecule has 0 bridgehead atoms. The first-order valence-electron chi connectivity index (χ1n) is 2.87. The fourth-order valence-corrected chi connectivity index (χ4v) is 0.987. The second-order valence-electron chi connectivity index (χ2n) is 1.82. The quantitative estimate of drug-likeness (QED) is 0.494. The Morgan fingerprint density at radius 1 is 1.30 bits per heavy atom. The minimum Gasteiger partial charge on any atom is -0.483 e. The molecule has 10 heavy (non-hydrogen) atoms. The van der Waals surface area contributed by atoms with Gasteiger partial charge in [0.15, 0.2) is 0 Å². The summed E-state index contributed by atoms with van der Waals surface area (Å²) in [5, 5.41) is 0. The zero-order valence-corrected chi connectivity index (χ0v) is 7.54. The van der Waals surface area contributed by atoms with Crippen LogP contribution in [0.1, 0.15) is 0 Å². The van der Waals surface area contributed by atoms with Crippen molar-refractivity contribution in [3.05, 3.63) is 24.3 Å². The standard InChI is InChI=1S/C7H8INO/c8-5-10-7-3-1-6(9)2-4-7/h1-4H,5,9H2. The van der Waals surface area contributed by atoms with Gasteiger partial charge in [-0.1, -0.05) is 0 Å². The molecule has 0 saturated heterocycles. The molecular weight excluding hydrogens is 241 g/mol. The molecule has 0 aromatic heterocycles. The smallest absolute Gasteiger partial charge is 0.139 e. The summed E-state index contributed by atoms with van der Waals surface area (Å²) in [4.78, 5) is 0. The molecule has 0 amide bonds. The Balaban J connectivity index is 2.69. The van der Waals surface area contributed by atoms with Gasteiger partial charge in [-0.2, -0.15) is 0 Å². The molecule has 0 heterocycles. The van der Waals surface area contributed by atoms with E-state index in [1.54, 1.807) is 0 Å². The van der Waals surface area contributed by atoms with Gasteiger partial charge in [0.2, 0.25) is 0 Å². The van der Waals surface area contributed by atoms with Crippen molar-refractivity contribution in [3.8, 4) is 5.75 Å². The van der Waals surface area contributed by atoms with Gasteiger partial charge in [-0.15, -0.1) is 0 Å². The van der Waals surface area contributed by atoms with Crippen LogP contribution >= 0.6 is 22.6 Å². The van der Waals surface area contributed by atoms with Gasteiger partial charge in [0.1, 0.15) is 10.4 Å². The molecule has 3 heteroatoms. The molecule has 0 atom stereocenters. The van der Waals surface area contributed by atoms with Crippen molar-refractivity contribution in [2.45, 2.75) is 0 Å². The van der Waals surface area contributed by atoms with Gasteiger partial charge in [0.25, 0.3) is 0 Å². The van der Waals surface area contributed by atoms with E-state index < -0.39 is 0 Å². The lowest BCUT2D eigenvalue weighted by atomic mass is 10.3. The van der Waals surface area contributed by atoms with E-state index in [1.165, 1.54) is 0 Å². The van der Waals surface area contributed by atoms with Crippen LogP contribution in [0.2, 0.25) is 0 Å². The predicted molar refractivity (Wildman–Crippen MR) is 50.4 cm³/mol. The number of nitrogens with two attached hydrogens (primary N) is 1. The van der Waals surface area contributed by atoms with E-state index in [1.807, 2.05) is 24.3 Å². The van der Waals surface area contributed by atoms with Crippen LogP contribution in [0.25, 0.3) is 0 Å². The van der Waals surface area contributed by atoms with Gasteiger partial charge in [-0.25, -0.2) is 0 Å². The molecule has 54 valence electrons. The normalized spacial score (nSPS) is 9.30. The summed E-state index contributed by atoms with van der Waals surface area (Å²) in [6.07, 6.45) is 0. The van der Waals surface area contributed by atoms with Crippen molar-refractivity contribution in [2.24, 2.45) is 0 Å². The van der Waals surface area contributed by atoms with Crippen molar-refractivity contribution < 1.29 is 4.74 Å². The van der Waals surface area contributed by atoms with Crippen LogP contribution in [0.15, 0.2) is 24.3 Å². The molecule has 0 aliphatic rings. The van der Waals surface area contributed by atoms with Crippen LogP contribution < -0.4 is 10.5 Å². The Hall–Kier alpha value is -0.450. The Labute approximate surface area is 73.5 Å². The van der Waals surface area contributed by atoms with E-state index in [2.05, 4.69) is 22.6 Å². The average Bonchev–Trinajstić information content (AvgIpc) is 1.95. The largest absolute Gasteiger partial charge is 0.483 e. The summed E-state index contributed by atoms with van der Waals surface area (Å²) in [6, 6.07) is 7.35. The van der Waals surface area contributed by atoms with Gasteiger partial charge in [0.05, 0.1) is 0 Å². The summed E-state index contributed by atoms with van der Waals surface area (Å²) < 4.78 is 5.86. The number of anilines is 1. The first-order valence-corrected chi connectivity index (χ1v) is 4.40. The summed E-state index contributed by atoms with van der Waals surface area (Å²) in [5.41, 5.74) is 6.23. The lowest BCUT2D eigenvalue weighted by molar-refractivity contribution is 0.404. The number of benzene rings is 1. The number of alkyl halides is 1. The van der Waals surface area contributed by atoms with Crippen LogP contribution in [0, 0.1) is 0 Å². The zero-order valence-electron chi connectivity index (χ0n) is 5.38. The van der Waals surface area contributed by atoms with Gasteiger partial charge >= 0.3 is 0 Å². The minimum atomic E-state index is 0.668. The third-order valence-electron chi connectivity index (χ3n) is 1.10. The van der Waals surface area contributed by atoms with Crippen LogP contribution in [-0.2, 0) is 0 Å². The van der Waals surface area contributed by atoms with E-state index in [0.29, 0.717) is 4.61 Å². The molecule has 1 aromatic carbocycles. The van der Waals surface area contributed by atoms with E-state index in [9.17, 15) is 0 Å². The number of hydrogen-bond donors (Lipinski definition) is 1. The van der Waals surface area contributed by atoms with E-state index in [-0.39, 0.29) is 0 Å². The Morgan fingerprint density at radius 2 is 1.90 bits per heavy atom. The van der Waals surface area contributed by atoms with Crippen molar-refractivity contribution in [1.82, 2.24) is 0 Å². The number of rotatable bonds is 2. The summed E-state index contributed by atoms with van der Waals surface area (Å²) in [6.45, 7) is 0. The summed E-state index contributed by atoms with van der Waals surface area (Å²) in [7, 11) is 0. The monoisotopic (exact) mass is 249 g/mol. The number of ether oxygens (including phenoxy) is 1. The molecular formula is C7H8INO. The lowest BCUT2D eigenvalue weighted by Crippen LogP contribution is -1.88. The lowest BCUT2D eigenvalue weighted by Gasteiger charge is -2.00. The van der Waals surface area contributed by atoms with E-state index in [4.69, 9.17) is 10.5 Å². The third-order valence-corrected chi connectivity index (χ3v) is 1.41. The summed E-state index contributed by atoms with van der Waals surface area (Å²) >= 11 is 2.15. The summed E-state index contributed by atoms with van der Waals surface area (Å²) in [5.74, 6) is 0.864. The van der Waals surface area contributed by atoms with Crippen LogP contribution in [0.3, 0.4) is 0 Å². The van der Waals surface area contributed by atoms with Gasteiger partial charge in [-0.05, 0) is 46.9 Å². The number of halogens is 1. The maximum atomic E-state index is 5.47. The zero-order chi connectivity index (χ0) is 7.40. The molecule has 0 saturated carbocycles. The predicted octanol–water partition coefficient (Wildman–Crippen LogP) is 2.04. The van der Waals surface area contributed by atoms with Gasteiger partial charge in [0, 0.05) is 5.69 Å². The van der Waals surface area contributed by atoms with Crippen LogP contribution in [0.5, 0.6) is 5.75 Å². The van der Waals surface area contributed by atoms with Crippen molar-refractivity contribution in [3.63, 3.8) is 0 Å². The molecule has 0 aliphatic carbocycles. The Morgan fingerprint density at radius 3 is 2.40 bits per heavy atom. The van der Waals surface area contributed by atoms with Crippen molar-refractivity contribution in [2.75, 3.05) is 10.3 Å². The molecule has 1 aromatic rings. The molecule has 0 fully saturated rings. The molecule has 2 nitrogen and oxygen atoms in total. The molecule has 0 radical (unpaired) electrons. The molecule has 1 rings (SSSR count). The minimum absolute atomic E-state index is 0.668. The van der Waals surface area contributed by atoms with Crippen LogP contribution in [-0.4, -0.2) is 4.61 Å². The molecule has 2 N–H and O–H groups in total. The second-order valence-corrected chi connectivity index (χ2v) is 2.45. The van der Waals surface area contributed by atoms with Gasteiger partial charge < -0.3 is 10.5 Å². The van der Waals surface area contributed by atoms with Crippen LogP contribution in [0.4, 0.5) is 5.69 Å². The van der Waals surface area contributed by atoms with E-state index >= 15 is 0 Å². The SMILES string of the molecule is Nc1ccc(OCI)cc1. The topological polar surface area (TPSA) is 35.2 Å². The highest BCUT2D eigenvalue weighted by atomic mass is 127. The maximum absolute atomic E-state index is 5.47.